The van der Waals surface area contributed by atoms with Crippen LogP contribution >= 0.6 is 0 Å². The largest absolute Gasteiger partial charge is 0.479 e. The molecule has 0 spiro atoms. The van der Waals surface area contributed by atoms with Crippen LogP contribution < -0.4 is 10.4 Å². The highest BCUT2D eigenvalue weighted by Crippen LogP contribution is 2.22. The Morgan fingerprint density at radius 2 is 1.69 bits per heavy atom. The van der Waals surface area contributed by atoms with Gasteiger partial charge in [-0.1, -0.05) is 6.08 Å². The predicted molar refractivity (Wildman–Crippen MR) is 130 cm³/mol. The van der Waals surface area contributed by atoms with Gasteiger partial charge in [0.2, 0.25) is 0 Å². The Labute approximate surface area is 202 Å². The Balaban J connectivity index is 1.78. The fourth-order valence-corrected chi connectivity index (χ4v) is 3.36. The number of ketones is 1. The summed E-state index contributed by atoms with van der Waals surface area (Å²) in [4.78, 5) is 48.5. The number of ether oxygens (including phenoxy) is 3. The molecule has 2 aromatic carbocycles. The molecular formula is C27H26O8. The standard InChI is InChI=1S/C27H26O8/c1-5-32-25(29)17(4)34-21-10-8-19(9-11-21)23(28)12-7-18-13-16(3)24-20(14-18)15-22(27(31)35-24)26(30)33-6-2/h7-15,17H,5-6H2,1-4H3/b12-7+. The Morgan fingerprint density at radius 3 is 2.34 bits per heavy atom. The van der Waals surface area contributed by atoms with E-state index in [9.17, 15) is 19.2 Å². The second kappa shape index (κ2) is 11.3. The summed E-state index contributed by atoms with van der Waals surface area (Å²) in [6.45, 7) is 7.13. The molecule has 0 aliphatic rings. The van der Waals surface area contributed by atoms with Gasteiger partial charge in [0.25, 0.3) is 0 Å². The monoisotopic (exact) mass is 478 g/mol. The minimum absolute atomic E-state index is 0.137. The number of carbonyl (C=O) groups excluding carboxylic acids is 3. The molecule has 0 bridgehead atoms. The first kappa shape index (κ1) is 25.4. The van der Waals surface area contributed by atoms with Crippen LogP contribution in [0.2, 0.25) is 0 Å². The summed E-state index contributed by atoms with van der Waals surface area (Å²) in [5.41, 5.74) is 1.22. The van der Waals surface area contributed by atoms with Crippen molar-refractivity contribution in [3.8, 4) is 5.75 Å². The van der Waals surface area contributed by atoms with Crippen molar-refractivity contribution in [3.63, 3.8) is 0 Å². The first-order valence-electron chi connectivity index (χ1n) is 11.1. The third-order valence-electron chi connectivity index (χ3n) is 5.03. The van der Waals surface area contributed by atoms with Crippen LogP contribution in [0.25, 0.3) is 17.0 Å². The maximum absolute atomic E-state index is 12.6. The lowest BCUT2D eigenvalue weighted by atomic mass is 10.0. The average Bonchev–Trinajstić information content (AvgIpc) is 2.83. The molecule has 0 fully saturated rings. The maximum atomic E-state index is 12.6. The molecule has 1 heterocycles. The van der Waals surface area contributed by atoms with E-state index in [-0.39, 0.29) is 24.6 Å². The summed E-state index contributed by atoms with van der Waals surface area (Å²) in [6.07, 6.45) is 2.29. The molecule has 3 rings (SSSR count). The van der Waals surface area contributed by atoms with Gasteiger partial charge in [0, 0.05) is 10.9 Å². The quantitative estimate of drug-likeness (QED) is 0.191. The van der Waals surface area contributed by atoms with Crippen molar-refractivity contribution in [3.05, 3.63) is 81.2 Å². The summed E-state index contributed by atoms with van der Waals surface area (Å²) in [6, 6.07) is 11.3. The minimum atomic E-state index is -0.763. The molecule has 1 aromatic heterocycles. The summed E-state index contributed by atoms with van der Waals surface area (Å²) < 4.78 is 20.7. The van der Waals surface area contributed by atoms with E-state index >= 15 is 0 Å². The highest BCUT2D eigenvalue weighted by atomic mass is 16.6. The number of carbonyl (C=O) groups is 3. The average molecular weight is 478 g/mol. The number of allylic oxidation sites excluding steroid dienone is 1. The van der Waals surface area contributed by atoms with Crippen molar-refractivity contribution in [2.45, 2.75) is 33.8 Å². The Morgan fingerprint density at radius 1 is 1.00 bits per heavy atom. The molecule has 0 saturated heterocycles. The second-order valence-electron chi connectivity index (χ2n) is 7.66. The highest BCUT2D eigenvalue weighted by molar-refractivity contribution is 6.07. The van der Waals surface area contributed by atoms with Crippen LogP contribution in [-0.4, -0.2) is 37.0 Å². The SMILES string of the molecule is CCOC(=O)c1cc2cc(/C=C/C(=O)c3ccc(OC(C)C(=O)OCC)cc3)cc(C)c2oc1=O. The van der Waals surface area contributed by atoms with Crippen molar-refractivity contribution < 1.29 is 33.0 Å². The zero-order chi connectivity index (χ0) is 25.5. The molecule has 0 saturated carbocycles. The Kier molecular flexibility index (Phi) is 8.20. The van der Waals surface area contributed by atoms with E-state index in [2.05, 4.69) is 0 Å². The van der Waals surface area contributed by atoms with Gasteiger partial charge < -0.3 is 18.6 Å². The normalized spacial score (nSPS) is 11.9. The van der Waals surface area contributed by atoms with Crippen LogP contribution in [-0.2, 0) is 14.3 Å². The lowest BCUT2D eigenvalue weighted by Gasteiger charge is -2.13. The minimum Gasteiger partial charge on any atom is -0.479 e. The first-order valence-corrected chi connectivity index (χ1v) is 11.1. The molecule has 0 aliphatic heterocycles. The third-order valence-corrected chi connectivity index (χ3v) is 5.03. The van der Waals surface area contributed by atoms with Crippen LogP contribution in [0.5, 0.6) is 5.75 Å². The molecule has 3 aromatic rings. The lowest BCUT2D eigenvalue weighted by Crippen LogP contribution is -2.26. The summed E-state index contributed by atoms with van der Waals surface area (Å²) in [5.74, 6) is -1.01. The Bertz CT molecular complexity index is 1330. The molecule has 1 atom stereocenters. The number of fused-ring (bicyclic) bond motifs is 1. The zero-order valence-corrected chi connectivity index (χ0v) is 20.0. The summed E-state index contributed by atoms with van der Waals surface area (Å²) >= 11 is 0. The Hall–Kier alpha value is -4.20. The van der Waals surface area contributed by atoms with Crippen LogP contribution in [0.3, 0.4) is 0 Å². The molecule has 1 unspecified atom stereocenters. The summed E-state index contributed by atoms with van der Waals surface area (Å²) in [5, 5.41) is 0.539. The van der Waals surface area contributed by atoms with Crippen molar-refractivity contribution in [1.29, 1.82) is 0 Å². The van der Waals surface area contributed by atoms with E-state index in [1.807, 2.05) is 0 Å². The maximum Gasteiger partial charge on any atom is 0.351 e. The third kappa shape index (κ3) is 6.23. The van der Waals surface area contributed by atoms with Crippen molar-refractivity contribution in [2.24, 2.45) is 0 Å². The van der Waals surface area contributed by atoms with Crippen LogP contribution in [0.4, 0.5) is 0 Å². The van der Waals surface area contributed by atoms with E-state index in [4.69, 9.17) is 18.6 Å². The van der Waals surface area contributed by atoms with Crippen molar-refractivity contribution >= 4 is 34.8 Å². The molecule has 182 valence electrons. The van der Waals surface area contributed by atoms with Crippen LogP contribution in [0, 0.1) is 6.92 Å². The van der Waals surface area contributed by atoms with Gasteiger partial charge in [-0.05, 0) is 87.4 Å². The van der Waals surface area contributed by atoms with Gasteiger partial charge in [0.05, 0.1) is 13.2 Å². The van der Waals surface area contributed by atoms with Crippen LogP contribution in [0.1, 0.15) is 52.6 Å². The topological polar surface area (TPSA) is 109 Å². The molecule has 8 heteroatoms. The van der Waals surface area contributed by atoms with Gasteiger partial charge in [-0.15, -0.1) is 0 Å². The van der Waals surface area contributed by atoms with E-state index in [1.165, 1.54) is 12.1 Å². The number of hydrogen-bond acceptors (Lipinski definition) is 8. The van der Waals surface area contributed by atoms with Gasteiger partial charge in [0.1, 0.15) is 16.9 Å². The fraction of sp³-hybridized carbons (Fsp3) is 0.259. The van der Waals surface area contributed by atoms with Crippen LogP contribution in [0.15, 0.2) is 57.8 Å². The molecule has 0 radical (unpaired) electrons. The smallest absolute Gasteiger partial charge is 0.351 e. The lowest BCUT2D eigenvalue weighted by molar-refractivity contribution is -0.150. The highest BCUT2D eigenvalue weighted by Gasteiger charge is 2.17. The van der Waals surface area contributed by atoms with Crippen molar-refractivity contribution in [2.75, 3.05) is 13.2 Å². The number of hydrogen-bond donors (Lipinski definition) is 0. The van der Waals surface area contributed by atoms with Gasteiger partial charge in [-0.25, -0.2) is 14.4 Å². The van der Waals surface area contributed by atoms with E-state index in [1.54, 1.807) is 70.2 Å². The summed E-state index contributed by atoms with van der Waals surface area (Å²) in [7, 11) is 0. The number of benzene rings is 2. The molecule has 0 aliphatic carbocycles. The predicted octanol–water partition coefficient (Wildman–Crippen LogP) is 4.50. The van der Waals surface area contributed by atoms with E-state index in [0.717, 1.165) is 0 Å². The molecular weight excluding hydrogens is 452 g/mol. The van der Waals surface area contributed by atoms with Gasteiger partial charge in [-0.3, -0.25) is 4.79 Å². The van der Waals surface area contributed by atoms with Gasteiger partial charge in [0.15, 0.2) is 11.9 Å². The van der Waals surface area contributed by atoms with E-state index in [0.29, 0.717) is 33.4 Å². The van der Waals surface area contributed by atoms with E-state index < -0.39 is 23.7 Å². The second-order valence-corrected chi connectivity index (χ2v) is 7.66. The molecule has 0 N–H and O–H groups in total. The molecule has 8 nitrogen and oxygen atoms in total. The molecule has 35 heavy (non-hydrogen) atoms. The van der Waals surface area contributed by atoms with Gasteiger partial charge >= 0.3 is 17.6 Å². The molecule has 0 amide bonds. The fourth-order valence-electron chi connectivity index (χ4n) is 3.36. The van der Waals surface area contributed by atoms with Gasteiger partial charge in [-0.2, -0.15) is 0 Å². The number of esters is 2. The number of rotatable bonds is 9. The zero-order valence-electron chi connectivity index (χ0n) is 20.0. The van der Waals surface area contributed by atoms with Crippen molar-refractivity contribution in [1.82, 2.24) is 0 Å². The number of aryl methyl sites for hydroxylation is 1. The first-order chi connectivity index (χ1) is 16.7.